The van der Waals surface area contributed by atoms with Crippen LogP contribution in [0.25, 0.3) is 164 Å². The zero-order chi connectivity index (χ0) is 73.1. The predicted molar refractivity (Wildman–Crippen MR) is 452 cm³/mol. The molecule has 0 radical (unpaired) electrons. The second-order valence-corrected chi connectivity index (χ2v) is 30.0. The van der Waals surface area contributed by atoms with E-state index in [1.165, 1.54) is 90.4 Å². The molecule has 1 aliphatic heterocycles. The SMILES string of the molecule is CC1(C)OB(c2cccc(-c3cccc4c3sc3c(-c5ccccc5)cccc34)c2)OC1(C)C.Clc1nc(-c2ccccc2)nc(-c2ccc(-c3ccccc3)cc2)n1.c1ccc(-c2ccc(-c3nc(-c4ccccc4)nc(-c4cccc(-c5cccc6c5sc5c(-c7ccccc7)cccc56)c4)n3)cc2)cc1. The van der Waals surface area contributed by atoms with Gasteiger partial charge in [0, 0.05) is 68.2 Å². The number of hydrogen-bond acceptors (Lipinski definition) is 10. The first kappa shape index (κ1) is 68.9. The summed E-state index contributed by atoms with van der Waals surface area (Å²) in [7, 11) is -0.365. The van der Waals surface area contributed by atoms with Gasteiger partial charge in [-0.15, -0.1) is 22.7 Å². The fraction of sp³-hybridized carbons (Fsp3) is 0.0625. The van der Waals surface area contributed by atoms with Gasteiger partial charge in [-0.05, 0) is 118 Å². The average molecular weight is 1450 g/mol. The van der Waals surface area contributed by atoms with Crippen molar-refractivity contribution in [3.8, 4) is 124 Å². The van der Waals surface area contributed by atoms with Crippen molar-refractivity contribution in [3.63, 3.8) is 0 Å². The Morgan fingerprint density at radius 3 is 0.861 bits per heavy atom. The van der Waals surface area contributed by atoms with Gasteiger partial charge in [0.1, 0.15) is 0 Å². The van der Waals surface area contributed by atoms with E-state index in [4.69, 9.17) is 35.9 Å². The van der Waals surface area contributed by atoms with E-state index in [-0.39, 0.29) is 23.6 Å². The molecule has 0 saturated carbocycles. The van der Waals surface area contributed by atoms with Gasteiger partial charge >= 0.3 is 7.12 Å². The van der Waals surface area contributed by atoms with Crippen LogP contribution < -0.4 is 5.46 Å². The lowest BCUT2D eigenvalue weighted by Crippen LogP contribution is -2.41. The summed E-state index contributed by atoms with van der Waals surface area (Å²) in [5.41, 5.74) is 19.5. The van der Waals surface area contributed by atoms with Gasteiger partial charge in [0.15, 0.2) is 29.1 Å². The van der Waals surface area contributed by atoms with E-state index in [1.54, 1.807) is 0 Å². The number of halogens is 1. The first-order valence-corrected chi connectivity index (χ1v) is 38.1. The van der Waals surface area contributed by atoms with E-state index in [1.807, 2.05) is 120 Å². The van der Waals surface area contributed by atoms with Gasteiger partial charge in [-0.2, -0.15) is 9.97 Å². The second kappa shape index (κ2) is 30.0. The highest BCUT2D eigenvalue weighted by atomic mass is 35.5. The molecule has 1 fully saturated rings. The molecule has 0 unspecified atom stereocenters. The smallest absolute Gasteiger partial charge is 0.399 e. The molecule has 0 amide bonds. The van der Waals surface area contributed by atoms with Crippen LogP contribution in [0.5, 0.6) is 0 Å². The molecule has 0 atom stereocenters. The topological polar surface area (TPSA) is 95.8 Å². The first-order chi connectivity index (χ1) is 52.9. The van der Waals surface area contributed by atoms with Crippen LogP contribution in [0.15, 0.2) is 352 Å². The summed E-state index contributed by atoms with van der Waals surface area (Å²) < 4.78 is 17.9. The van der Waals surface area contributed by atoms with Crippen LogP contribution in [0.3, 0.4) is 0 Å². The van der Waals surface area contributed by atoms with E-state index in [0.717, 1.165) is 50.0 Å². The van der Waals surface area contributed by atoms with Crippen molar-refractivity contribution < 1.29 is 9.31 Å². The molecule has 0 spiro atoms. The van der Waals surface area contributed by atoms with E-state index >= 15 is 0 Å². The Bertz CT molecular complexity index is 6230. The number of thiophene rings is 2. The van der Waals surface area contributed by atoms with Gasteiger partial charge < -0.3 is 9.31 Å². The van der Waals surface area contributed by atoms with Crippen LogP contribution in [0, 0.1) is 0 Å². The number of aromatic nitrogens is 6. The molecule has 12 heteroatoms. The second-order valence-electron chi connectivity index (χ2n) is 27.6. The van der Waals surface area contributed by atoms with Crippen LogP contribution >= 0.6 is 34.3 Å². The fourth-order valence-electron chi connectivity index (χ4n) is 13.9. The maximum Gasteiger partial charge on any atom is 0.494 e. The van der Waals surface area contributed by atoms with Crippen molar-refractivity contribution in [1.29, 1.82) is 0 Å². The van der Waals surface area contributed by atoms with E-state index in [0.29, 0.717) is 29.1 Å². The van der Waals surface area contributed by atoms with Gasteiger partial charge in [0.2, 0.25) is 5.28 Å². The van der Waals surface area contributed by atoms with E-state index in [9.17, 15) is 0 Å². The zero-order valence-electron chi connectivity index (χ0n) is 59.8. The summed E-state index contributed by atoms with van der Waals surface area (Å²) in [5, 5.41) is 5.36. The summed E-state index contributed by atoms with van der Waals surface area (Å²) in [4.78, 5) is 28.1. The van der Waals surface area contributed by atoms with Crippen molar-refractivity contribution in [3.05, 3.63) is 357 Å². The molecule has 5 heterocycles. The van der Waals surface area contributed by atoms with Gasteiger partial charge in [-0.25, -0.2) is 19.9 Å². The maximum atomic E-state index is 6.32. The Labute approximate surface area is 641 Å². The Kier molecular flexibility index (Phi) is 19.1. The van der Waals surface area contributed by atoms with E-state index in [2.05, 4.69) is 297 Å². The lowest BCUT2D eigenvalue weighted by molar-refractivity contribution is 0.00578. The molecule has 1 aliphatic rings. The highest BCUT2D eigenvalue weighted by molar-refractivity contribution is 7.27. The molecule has 0 bridgehead atoms. The molecule has 0 N–H and O–H groups in total. The number of benzene rings is 14. The van der Waals surface area contributed by atoms with Crippen molar-refractivity contribution in [2.45, 2.75) is 38.9 Å². The monoisotopic (exact) mass is 1450 g/mol. The molecule has 4 aromatic heterocycles. The van der Waals surface area contributed by atoms with Crippen LogP contribution in [0.4, 0.5) is 0 Å². The number of hydrogen-bond donors (Lipinski definition) is 0. The fourth-order valence-corrected chi connectivity index (χ4v) is 16.8. The minimum absolute atomic E-state index is 0.191. The minimum Gasteiger partial charge on any atom is -0.399 e. The number of fused-ring (bicyclic) bond motifs is 6. The largest absolute Gasteiger partial charge is 0.494 e. The molecule has 14 aromatic carbocycles. The molecule has 19 rings (SSSR count). The Morgan fingerprint density at radius 1 is 0.241 bits per heavy atom. The highest BCUT2D eigenvalue weighted by Gasteiger charge is 2.51. The van der Waals surface area contributed by atoms with Crippen molar-refractivity contribution in [2.24, 2.45) is 0 Å². The van der Waals surface area contributed by atoms with Crippen LogP contribution in [0.1, 0.15) is 27.7 Å². The summed E-state index contributed by atoms with van der Waals surface area (Å²) >= 11 is 9.86. The van der Waals surface area contributed by atoms with Gasteiger partial charge in [-0.3, -0.25) is 0 Å². The van der Waals surface area contributed by atoms with E-state index < -0.39 is 0 Å². The summed E-state index contributed by atoms with van der Waals surface area (Å²) in [6.07, 6.45) is 0. The predicted octanol–water partition coefficient (Wildman–Crippen LogP) is 25.5. The molecular weight excluding hydrogens is 1380 g/mol. The van der Waals surface area contributed by atoms with Crippen LogP contribution in [-0.4, -0.2) is 48.2 Å². The van der Waals surface area contributed by atoms with Crippen molar-refractivity contribution in [2.75, 3.05) is 0 Å². The van der Waals surface area contributed by atoms with Gasteiger partial charge in [0.25, 0.3) is 0 Å². The third-order valence-electron chi connectivity index (χ3n) is 20.2. The normalized spacial score (nSPS) is 12.9. The minimum atomic E-state index is -0.365. The molecule has 108 heavy (non-hydrogen) atoms. The standard InChI is InChI=1S/C45H29N3S.C30H27BO2S.C21H14ClN3/c1-4-13-30(14-5-1)31-25-27-34(28-26-31)44-46-43(33-17-8-3-9-18-33)47-45(48-44)36-20-10-19-35(29-36)38-22-12-24-40-39-23-11-21-37(41(39)49-42(38)40)32-15-6-2-7-16-32;1-29(2)30(3,4)33-31(32-29)22-14-8-13-21(19-22)24-16-10-18-26-25-17-9-15-23(27(25)34-28(24)26)20-11-6-5-7-12-20;22-21-24-19(17-9-5-2-6-10-17)23-20(25-21)18-13-11-16(12-14-18)15-7-3-1-4-8-15/h1-29H;5-19H,1-4H3;1-14H. The summed E-state index contributed by atoms with van der Waals surface area (Å²) in [6.45, 7) is 8.39. The van der Waals surface area contributed by atoms with Gasteiger partial charge in [0.05, 0.1) is 11.2 Å². The molecule has 8 nitrogen and oxygen atoms in total. The summed E-state index contributed by atoms with van der Waals surface area (Å²) in [5.74, 6) is 3.08. The average Bonchev–Trinajstić information content (AvgIpc) is 1.60. The molecule has 1 saturated heterocycles. The lowest BCUT2D eigenvalue weighted by atomic mass is 9.78. The maximum absolute atomic E-state index is 6.32. The molecule has 518 valence electrons. The third kappa shape index (κ3) is 14.2. The molecular formula is C96H70BClN6O2S2. The lowest BCUT2D eigenvalue weighted by Gasteiger charge is -2.32. The van der Waals surface area contributed by atoms with Crippen LogP contribution in [0.2, 0.25) is 5.28 Å². The first-order valence-electron chi connectivity index (χ1n) is 36.1. The molecule has 0 aliphatic carbocycles. The third-order valence-corrected chi connectivity index (χ3v) is 22.9. The Morgan fingerprint density at radius 2 is 0.491 bits per heavy atom. The summed E-state index contributed by atoms with van der Waals surface area (Å²) in [6, 6.07) is 122. The van der Waals surface area contributed by atoms with Gasteiger partial charge in [-0.1, -0.05) is 346 Å². The molecule has 18 aromatic rings. The van der Waals surface area contributed by atoms with Crippen molar-refractivity contribution in [1.82, 2.24) is 29.9 Å². The zero-order valence-corrected chi connectivity index (χ0v) is 62.1. The van der Waals surface area contributed by atoms with Crippen LogP contribution in [-0.2, 0) is 9.31 Å². The highest BCUT2D eigenvalue weighted by Crippen LogP contribution is 2.47. The quantitative estimate of drug-likeness (QED) is 0.112. The Balaban J connectivity index is 0.000000126. The number of rotatable bonds is 12. The van der Waals surface area contributed by atoms with Crippen molar-refractivity contribution >= 4 is 87.2 Å². The Hall–Kier alpha value is -12.2. The number of nitrogens with zero attached hydrogens (tertiary/aromatic N) is 6.